The number of nitrogens with one attached hydrogen (secondary N) is 1. The molecule has 2 heterocycles. The molecule has 0 aliphatic carbocycles. The Morgan fingerprint density at radius 2 is 2.22 bits per heavy atom. The van der Waals surface area contributed by atoms with Crippen molar-refractivity contribution < 1.29 is 0 Å². The summed E-state index contributed by atoms with van der Waals surface area (Å²) in [5, 5.41) is 5.28. The van der Waals surface area contributed by atoms with Crippen LogP contribution in [0.4, 0.5) is 0 Å². The number of rotatable bonds is 4. The van der Waals surface area contributed by atoms with Gasteiger partial charge in [-0.1, -0.05) is 11.6 Å². The third-order valence-corrected chi connectivity index (χ3v) is 4.38. The van der Waals surface area contributed by atoms with E-state index in [9.17, 15) is 0 Å². The van der Waals surface area contributed by atoms with Crippen molar-refractivity contribution >= 4 is 22.9 Å². The molecule has 18 heavy (non-hydrogen) atoms. The van der Waals surface area contributed by atoms with Crippen LogP contribution in [0.15, 0.2) is 18.5 Å². The molecule has 1 atom stereocenters. The van der Waals surface area contributed by atoms with E-state index in [0.717, 1.165) is 22.8 Å². The lowest BCUT2D eigenvalue weighted by Gasteiger charge is -2.13. The van der Waals surface area contributed by atoms with Crippen LogP contribution in [0.3, 0.4) is 0 Å². The highest BCUT2D eigenvalue weighted by Gasteiger charge is 2.12. The lowest BCUT2D eigenvalue weighted by Crippen LogP contribution is -2.18. The molecule has 2 aromatic heterocycles. The summed E-state index contributed by atoms with van der Waals surface area (Å²) in [5.41, 5.74) is 2.18. The van der Waals surface area contributed by atoms with Crippen molar-refractivity contribution in [1.82, 2.24) is 15.3 Å². The number of nitrogens with zero attached hydrogens (tertiary/aromatic N) is 2. The van der Waals surface area contributed by atoms with E-state index >= 15 is 0 Å². The molecule has 0 radical (unpaired) electrons. The summed E-state index contributed by atoms with van der Waals surface area (Å²) in [6.45, 7) is 6.97. The molecule has 2 rings (SSSR count). The van der Waals surface area contributed by atoms with Gasteiger partial charge in [-0.3, -0.25) is 4.98 Å². The Labute approximate surface area is 116 Å². The minimum atomic E-state index is 0.278. The molecule has 0 aliphatic heterocycles. The Morgan fingerprint density at radius 3 is 2.83 bits per heavy atom. The largest absolute Gasteiger partial charge is 0.305 e. The van der Waals surface area contributed by atoms with Crippen molar-refractivity contribution in [2.75, 3.05) is 0 Å². The molecule has 2 aromatic rings. The van der Waals surface area contributed by atoms with Gasteiger partial charge in [-0.25, -0.2) is 4.98 Å². The monoisotopic (exact) mass is 281 g/mol. The Kier molecular flexibility index (Phi) is 4.32. The maximum atomic E-state index is 6.08. The van der Waals surface area contributed by atoms with E-state index in [1.807, 2.05) is 13.0 Å². The van der Waals surface area contributed by atoms with Crippen molar-refractivity contribution in [2.24, 2.45) is 0 Å². The highest BCUT2D eigenvalue weighted by molar-refractivity contribution is 7.11. The van der Waals surface area contributed by atoms with E-state index in [1.54, 1.807) is 23.7 Å². The standard InChI is InChI=1S/C13H16ClN3S/c1-8(13-9(2)17-10(3)18-13)16-6-11-4-5-15-7-12(11)14/h4-5,7-8,16H,6H2,1-3H3. The molecule has 0 spiro atoms. The van der Waals surface area contributed by atoms with Gasteiger partial charge in [0.05, 0.1) is 15.7 Å². The van der Waals surface area contributed by atoms with Crippen LogP contribution in [0.1, 0.15) is 34.1 Å². The number of hydrogen-bond donors (Lipinski definition) is 1. The molecule has 3 nitrogen and oxygen atoms in total. The van der Waals surface area contributed by atoms with Crippen LogP contribution in [0, 0.1) is 13.8 Å². The third-order valence-electron chi connectivity index (χ3n) is 2.79. The SMILES string of the molecule is Cc1nc(C)c(C(C)NCc2ccncc2Cl)s1. The number of aromatic nitrogens is 2. The molecule has 0 amide bonds. The van der Waals surface area contributed by atoms with Crippen LogP contribution < -0.4 is 5.32 Å². The second kappa shape index (κ2) is 5.78. The first kappa shape index (κ1) is 13.5. The maximum Gasteiger partial charge on any atom is 0.0900 e. The van der Waals surface area contributed by atoms with Gasteiger partial charge in [0.15, 0.2) is 0 Å². The van der Waals surface area contributed by atoms with Crippen LogP contribution in [0.2, 0.25) is 5.02 Å². The number of thiazole rings is 1. The van der Waals surface area contributed by atoms with Gasteiger partial charge in [-0.15, -0.1) is 11.3 Å². The maximum absolute atomic E-state index is 6.08. The molecule has 0 fully saturated rings. The second-order valence-corrected chi connectivity index (χ2v) is 5.89. The number of hydrogen-bond acceptors (Lipinski definition) is 4. The molecule has 96 valence electrons. The molecule has 1 N–H and O–H groups in total. The van der Waals surface area contributed by atoms with Crippen molar-refractivity contribution in [2.45, 2.75) is 33.4 Å². The molecule has 0 bridgehead atoms. The van der Waals surface area contributed by atoms with Gasteiger partial charge in [0.1, 0.15) is 0 Å². The van der Waals surface area contributed by atoms with Crippen molar-refractivity contribution in [1.29, 1.82) is 0 Å². The summed E-state index contributed by atoms with van der Waals surface area (Å²) >= 11 is 7.82. The highest BCUT2D eigenvalue weighted by atomic mass is 35.5. The average Bonchev–Trinajstić information content (AvgIpc) is 2.67. The number of pyridine rings is 1. The van der Waals surface area contributed by atoms with Crippen molar-refractivity contribution in [3.8, 4) is 0 Å². The zero-order valence-electron chi connectivity index (χ0n) is 10.7. The summed E-state index contributed by atoms with van der Waals surface area (Å²) in [4.78, 5) is 9.72. The fourth-order valence-electron chi connectivity index (χ4n) is 1.85. The van der Waals surface area contributed by atoms with Crippen LogP contribution in [0.25, 0.3) is 0 Å². The number of aryl methyl sites for hydroxylation is 2. The van der Waals surface area contributed by atoms with Gasteiger partial charge in [0.2, 0.25) is 0 Å². The van der Waals surface area contributed by atoms with Crippen LogP contribution in [0.5, 0.6) is 0 Å². The quantitative estimate of drug-likeness (QED) is 0.929. The van der Waals surface area contributed by atoms with Crippen molar-refractivity contribution in [3.05, 3.63) is 44.6 Å². The van der Waals surface area contributed by atoms with Gasteiger partial charge in [-0.05, 0) is 32.4 Å². The third kappa shape index (κ3) is 3.07. The number of halogens is 1. The van der Waals surface area contributed by atoms with E-state index in [2.05, 4.69) is 29.1 Å². The van der Waals surface area contributed by atoms with Crippen LogP contribution in [-0.4, -0.2) is 9.97 Å². The first-order valence-corrected chi connectivity index (χ1v) is 7.03. The predicted octanol–water partition coefficient (Wildman–Crippen LogP) is 3.66. The minimum Gasteiger partial charge on any atom is -0.305 e. The second-order valence-electron chi connectivity index (χ2n) is 4.25. The average molecular weight is 282 g/mol. The smallest absolute Gasteiger partial charge is 0.0900 e. The van der Waals surface area contributed by atoms with Crippen LogP contribution >= 0.6 is 22.9 Å². The molecule has 1 unspecified atom stereocenters. The summed E-state index contributed by atoms with van der Waals surface area (Å²) in [6, 6.07) is 2.22. The predicted molar refractivity (Wildman–Crippen MR) is 76.1 cm³/mol. The van der Waals surface area contributed by atoms with E-state index in [-0.39, 0.29) is 6.04 Å². The lowest BCUT2D eigenvalue weighted by molar-refractivity contribution is 0.579. The Bertz CT molecular complexity index is 539. The first-order valence-electron chi connectivity index (χ1n) is 5.83. The summed E-state index contributed by atoms with van der Waals surface area (Å²) < 4.78 is 0. The Balaban J connectivity index is 2.03. The van der Waals surface area contributed by atoms with Crippen LogP contribution in [-0.2, 0) is 6.54 Å². The van der Waals surface area contributed by atoms with Gasteiger partial charge in [0, 0.05) is 29.9 Å². The fraction of sp³-hybridized carbons (Fsp3) is 0.385. The molecular formula is C13H16ClN3S. The fourth-order valence-corrected chi connectivity index (χ4v) is 2.99. The van der Waals surface area contributed by atoms with E-state index in [0.29, 0.717) is 5.02 Å². The Hall–Kier alpha value is -0.970. The van der Waals surface area contributed by atoms with Gasteiger partial charge in [-0.2, -0.15) is 0 Å². The highest BCUT2D eigenvalue weighted by Crippen LogP contribution is 2.25. The molecular weight excluding hydrogens is 266 g/mol. The normalized spacial score (nSPS) is 12.7. The van der Waals surface area contributed by atoms with Gasteiger partial charge >= 0.3 is 0 Å². The first-order chi connectivity index (χ1) is 8.58. The minimum absolute atomic E-state index is 0.278. The molecule has 0 aromatic carbocycles. The molecule has 5 heteroatoms. The lowest BCUT2D eigenvalue weighted by atomic mass is 10.2. The van der Waals surface area contributed by atoms with E-state index < -0.39 is 0 Å². The zero-order valence-corrected chi connectivity index (χ0v) is 12.3. The van der Waals surface area contributed by atoms with Gasteiger partial charge < -0.3 is 5.32 Å². The van der Waals surface area contributed by atoms with E-state index in [1.165, 1.54) is 4.88 Å². The zero-order chi connectivity index (χ0) is 13.1. The summed E-state index contributed by atoms with van der Waals surface area (Å²) in [6.07, 6.45) is 3.43. The van der Waals surface area contributed by atoms with E-state index in [4.69, 9.17) is 11.6 Å². The topological polar surface area (TPSA) is 37.8 Å². The molecule has 0 saturated carbocycles. The molecule has 0 aliphatic rings. The Morgan fingerprint density at radius 1 is 1.44 bits per heavy atom. The summed E-state index contributed by atoms with van der Waals surface area (Å²) in [5.74, 6) is 0. The molecule has 0 saturated heterocycles. The summed E-state index contributed by atoms with van der Waals surface area (Å²) in [7, 11) is 0. The van der Waals surface area contributed by atoms with Crippen molar-refractivity contribution in [3.63, 3.8) is 0 Å². The van der Waals surface area contributed by atoms with Gasteiger partial charge in [0.25, 0.3) is 0 Å².